The van der Waals surface area contributed by atoms with E-state index < -0.39 is 0 Å². The first kappa shape index (κ1) is 20.4. The van der Waals surface area contributed by atoms with Crippen LogP contribution in [0.2, 0.25) is 0 Å². The van der Waals surface area contributed by atoms with E-state index in [1.165, 1.54) is 64.7 Å². The van der Waals surface area contributed by atoms with Gasteiger partial charge in [0.2, 0.25) is 0 Å². The van der Waals surface area contributed by atoms with E-state index >= 15 is 0 Å². The van der Waals surface area contributed by atoms with Gasteiger partial charge >= 0.3 is 5.97 Å². The van der Waals surface area contributed by atoms with Crippen molar-refractivity contribution in [3.05, 3.63) is 0 Å². The van der Waals surface area contributed by atoms with E-state index in [9.17, 15) is 4.79 Å². The molecular weight excluding hydrogens is 262 g/mol. The van der Waals surface area contributed by atoms with Gasteiger partial charge in [0.1, 0.15) is 6.10 Å². The molecule has 0 aromatic rings. The van der Waals surface area contributed by atoms with Crippen molar-refractivity contribution in [3.8, 4) is 0 Å². The molecule has 0 aliphatic rings. The van der Waals surface area contributed by atoms with Crippen LogP contribution in [0.4, 0.5) is 0 Å². The molecule has 0 radical (unpaired) electrons. The number of esters is 1. The Morgan fingerprint density at radius 3 is 1.90 bits per heavy atom. The second-order valence-corrected chi connectivity index (χ2v) is 6.44. The molecule has 1 atom stereocenters. The summed E-state index contributed by atoms with van der Waals surface area (Å²) in [7, 11) is 4.12. The maximum absolute atomic E-state index is 11.1. The standard InChI is InChI=1S/C18H37NO2/c1-5-6-7-8-9-10-11-12-13-14-18(21-17(2)20)15-16-19(3)4/h18H,5-16H2,1-4H3/t18-/m1/s1. The highest BCUT2D eigenvalue weighted by Gasteiger charge is 2.11. The summed E-state index contributed by atoms with van der Waals surface area (Å²) in [5, 5.41) is 0. The van der Waals surface area contributed by atoms with Crippen LogP contribution < -0.4 is 0 Å². The van der Waals surface area contributed by atoms with Gasteiger partial charge in [-0.2, -0.15) is 0 Å². The molecule has 0 saturated heterocycles. The molecule has 0 aliphatic carbocycles. The third-order valence-electron chi connectivity index (χ3n) is 3.86. The highest BCUT2D eigenvalue weighted by Crippen LogP contribution is 2.14. The summed E-state index contributed by atoms with van der Waals surface area (Å²) in [5.41, 5.74) is 0. The molecule has 0 aromatic heterocycles. The van der Waals surface area contributed by atoms with Crippen LogP contribution in [0, 0.1) is 0 Å². The molecule has 0 saturated carbocycles. The fraction of sp³-hybridized carbons (Fsp3) is 0.944. The van der Waals surface area contributed by atoms with Crippen molar-refractivity contribution in [2.24, 2.45) is 0 Å². The van der Waals surface area contributed by atoms with Gasteiger partial charge in [0.25, 0.3) is 0 Å². The van der Waals surface area contributed by atoms with Crippen molar-refractivity contribution in [3.63, 3.8) is 0 Å². The number of hydrogen-bond acceptors (Lipinski definition) is 3. The van der Waals surface area contributed by atoms with E-state index in [0.717, 1.165) is 19.4 Å². The van der Waals surface area contributed by atoms with Crippen LogP contribution in [0.25, 0.3) is 0 Å². The molecule has 0 unspecified atom stereocenters. The van der Waals surface area contributed by atoms with Gasteiger partial charge in [-0.25, -0.2) is 0 Å². The van der Waals surface area contributed by atoms with Gasteiger partial charge in [0, 0.05) is 13.5 Å². The fourth-order valence-electron chi connectivity index (χ4n) is 2.58. The quantitative estimate of drug-likeness (QED) is 0.341. The molecule has 21 heavy (non-hydrogen) atoms. The predicted octanol–water partition coefficient (Wildman–Crippen LogP) is 4.79. The molecule has 3 heteroatoms. The van der Waals surface area contributed by atoms with Crippen molar-refractivity contribution < 1.29 is 9.53 Å². The number of carbonyl (C=O) groups excluding carboxylic acids is 1. The Morgan fingerprint density at radius 2 is 1.43 bits per heavy atom. The van der Waals surface area contributed by atoms with E-state index in [1.54, 1.807) is 0 Å². The van der Waals surface area contributed by atoms with Crippen molar-refractivity contribution in [1.82, 2.24) is 4.90 Å². The Labute approximate surface area is 132 Å². The van der Waals surface area contributed by atoms with Gasteiger partial charge in [-0.15, -0.1) is 0 Å². The molecule has 3 nitrogen and oxygen atoms in total. The van der Waals surface area contributed by atoms with Crippen LogP contribution in [-0.2, 0) is 9.53 Å². The van der Waals surface area contributed by atoms with Gasteiger partial charge in [-0.3, -0.25) is 4.79 Å². The van der Waals surface area contributed by atoms with Gasteiger partial charge in [0.15, 0.2) is 0 Å². The highest BCUT2D eigenvalue weighted by molar-refractivity contribution is 5.66. The lowest BCUT2D eigenvalue weighted by atomic mass is 10.0. The molecule has 126 valence electrons. The summed E-state index contributed by atoms with van der Waals surface area (Å²) >= 11 is 0. The Bertz CT molecular complexity index is 241. The lowest BCUT2D eigenvalue weighted by molar-refractivity contribution is -0.147. The molecule has 0 aromatic carbocycles. The Morgan fingerprint density at radius 1 is 0.905 bits per heavy atom. The minimum atomic E-state index is -0.144. The minimum Gasteiger partial charge on any atom is -0.463 e. The summed E-state index contributed by atoms with van der Waals surface area (Å²) < 4.78 is 5.41. The third-order valence-corrected chi connectivity index (χ3v) is 3.86. The molecule has 0 rings (SSSR count). The summed E-state index contributed by atoms with van der Waals surface area (Å²) in [6.45, 7) is 4.75. The Balaban J connectivity index is 3.56. The molecule has 0 N–H and O–H groups in total. The number of hydrogen-bond donors (Lipinski definition) is 0. The van der Waals surface area contributed by atoms with E-state index in [2.05, 4.69) is 25.9 Å². The number of unbranched alkanes of at least 4 members (excludes halogenated alkanes) is 8. The molecular formula is C18H37NO2. The maximum atomic E-state index is 11.1. The third kappa shape index (κ3) is 15.6. The first-order valence-electron chi connectivity index (χ1n) is 8.88. The minimum absolute atomic E-state index is 0.106. The molecule has 0 aliphatic heterocycles. The highest BCUT2D eigenvalue weighted by atomic mass is 16.5. The normalized spacial score (nSPS) is 12.6. The Hall–Kier alpha value is -0.570. The number of carbonyl (C=O) groups is 1. The zero-order valence-electron chi connectivity index (χ0n) is 14.8. The smallest absolute Gasteiger partial charge is 0.302 e. The average molecular weight is 299 g/mol. The van der Waals surface area contributed by atoms with E-state index in [1.807, 2.05) is 0 Å². The largest absolute Gasteiger partial charge is 0.463 e. The molecule has 0 fully saturated rings. The zero-order chi connectivity index (χ0) is 15.9. The first-order valence-corrected chi connectivity index (χ1v) is 8.88. The lowest BCUT2D eigenvalue weighted by Gasteiger charge is -2.19. The summed E-state index contributed by atoms with van der Waals surface area (Å²) in [5.74, 6) is -0.144. The van der Waals surface area contributed by atoms with Crippen molar-refractivity contribution in [2.75, 3.05) is 20.6 Å². The first-order chi connectivity index (χ1) is 10.1. The van der Waals surface area contributed by atoms with E-state index in [0.29, 0.717) is 0 Å². The van der Waals surface area contributed by atoms with Crippen molar-refractivity contribution in [1.29, 1.82) is 0 Å². The van der Waals surface area contributed by atoms with Crippen molar-refractivity contribution in [2.45, 2.75) is 90.6 Å². The van der Waals surface area contributed by atoms with Gasteiger partial charge in [-0.05, 0) is 33.4 Å². The zero-order valence-corrected chi connectivity index (χ0v) is 14.8. The molecule has 0 amide bonds. The van der Waals surface area contributed by atoms with Crippen LogP contribution in [-0.4, -0.2) is 37.6 Å². The second-order valence-electron chi connectivity index (χ2n) is 6.44. The number of rotatable bonds is 14. The van der Waals surface area contributed by atoms with Crippen LogP contribution >= 0.6 is 0 Å². The molecule has 0 bridgehead atoms. The summed E-state index contributed by atoms with van der Waals surface area (Å²) in [6, 6.07) is 0. The monoisotopic (exact) mass is 299 g/mol. The van der Waals surface area contributed by atoms with Gasteiger partial charge in [0.05, 0.1) is 0 Å². The van der Waals surface area contributed by atoms with Crippen molar-refractivity contribution >= 4 is 5.97 Å². The van der Waals surface area contributed by atoms with E-state index in [-0.39, 0.29) is 12.1 Å². The molecule has 0 heterocycles. The van der Waals surface area contributed by atoms with Crippen LogP contribution in [0.3, 0.4) is 0 Å². The number of nitrogens with zero attached hydrogens (tertiary/aromatic N) is 1. The van der Waals surface area contributed by atoms with Gasteiger partial charge in [-0.1, -0.05) is 58.3 Å². The summed E-state index contributed by atoms with van der Waals surface area (Å²) in [6.07, 6.45) is 14.1. The topological polar surface area (TPSA) is 29.5 Å². The summed E-state index contributed by atoms with van der Waals surface area (Å²) in [4.78, 5) is 13.3. The molecule has 0 spiro atoms. The predicted molar refractivity (Wildman–Crippen MR) is 90.6 cm³/mol. The SMILES string of the molecule is CCCCCCCCCCC[C@H](CCN(C)C)OC(C)=O. The lowest BCUT2D eigenvalue weighted by Crippen LogP contribution is -2.23. The van der Waals surface area contributed by atoms with E-state index in [4.69, 9.17) is 4.74 Å². The number of ether oxygens (including phenoxy) is 1. The maximum Gasteiger partial charge on any atom is 0.302 e. The van der Waals surface area contributed by atoms with Crippen LogP contribution in [0.5, 0.6) is 0 Å². The van der Waals surface area contributed by atoms with Crippen LogP contribution in [0.1, 0.15) is 84.5 Å². The fourth-order valence-corrected chi connectivity index (χ4v) is 2.58. The Kier molecular flexibility index (Phi) is 14.0. The second kappa shape index (κ2) is 14.4. The van der Waals surface area contributed by atoms with Gasteiger partial charge < -0.3 is 9.64 Å². The average Bonchev–Trinajstić information content (AvgIpc) is 2.42. The van der Waals surface area contributed by atoms with Crippen LogP contribution in [0.15, 0.2) is 0 Å².